The molecule has 5 heteroatoms. The summed E-state index contributed by atoms with van der Waals surface area (Å²) < 4.78 is 1.98. The van der Waals surface area contributed by atoms with E-state index in [0.717, 1.165) is 16.9 Å². The molecule has 142 valence electrons. The zero-order valence-electron chi connectivity index (χ0n) is 15.8. The number of hydrogen-bond donors (Lipinski definition) is 1. The monoisotopic (exact) mass is 373 g/mol. The van der Waals surface area contributed by atoms with Crippen LogP contribution in [-0.2, 0) is 9.59 Å². The van der Waals surface area contributed by atoms with Crippen molar-refractivity contribution in [2.75, 3.05) is 11.4 Å². The third-order valence-corrected chi connectivity index (χ3v) is 5.24. The molecule has 1 aliphatic rings. The standard InChI is InChI=1S/C23H23N3O2/c1-17(18-9-3-2-4-10-18)24-22(27)19-13-16-26(23(19)28)21-12-6-5-11-20(21)25-14-7-8-15-25/h2-12,14-15,17,19H,13,16H2,1H3,(H,24,27)/t17-,19-/m0/s1. The summed E-state index contributed by atoms with van der Waals surface area (Å²) in [5, 5.41) is 2.99. The van der Waals surface area contributed by atoms with Gasteiger partial charge in [0.25, 0.3) is 0 Å². The highest BCUT2D eigenvalue weighted by Gasteiger charge is 2.38. The average Bonchev–Trinajstić information content (AvgIpc) is 3.38. The molecule has 2 aromatic carbocycles. The summed E-state index contributed by atoms with van der Waals surface area (Å²) >= 11 is 0. The third-order valence-electron chi connectivity index (χ3n) is 5.24. The molecule has 0 aliphatic carbocycles. The molecule has 1 fully saturated rings. The van der Waals surface area contributed by atoms with Gasteiger partial charge in [-0.05, 0) is 43.2 Å². The van der Waals surface area contributed by atoms with E-state index in [4.69, 9.17) is 0 Å². The predicted octanol–water partition coefficient (Wildman–Crippen LogP) is 3.71. The Hall–Kier alpha value is -3.34. The van der Waals surface area contributed by atoms with Crippen LogP contribution in [0.1, 0.15) is 24.9 Å². The van der Waals surface area contributed by atoms with Crippen LogP contribution >= 0.6 is 0 Å². The molecule has 0 unspecified atom stereocenters. The molecule has 1 saturated heterocycles. The van der Waals surface area contributed by atoms with E-state index >= 15 is 0 Å². The quantitative estimate of drug-likeness (QED) is 0.693. The summed E-state index contributed by atoms with van der Waals surface area (Å²) in [5.74, 6) is -0.997. The molecular formula is C23H23N3O2. The van der Waals surface area contributed by atoms with E-state index < -0.39 is 5.92 Å². The van der Waals surface area contributed by atoms with E-state index in [9.17, 15) is 9.59 Å². The molecule has 1 aromatic heterocycles. The number of nitrogens with one attached hydrogen (secondary N) is 1. The van der Waals surface area contributed by atoms with Crippen LogP contribution in [-0.4, -0.2) is 22.9 Å². The number of carbonyl (C=O) groups is 2. The molecule has 3 aromatic rings. The van der Waals surface area contributed by atoms with Gasteiger partial charge < -0.3 is 14.8 Å². The van der Waals surface area contributed by atoms with Crippen molar-refractivity contribution in [3.63, 3.8) is 0 Å². The maximum absolute atomic E-state index is 13.0. The average molecular weight is 373 g/mol. The summed E-state index contributed by atoms with van der Waals surface area (Å²) in [7, 11) is 0. The van der Waals surface area contributed by atoms with Crippen molar-refractivity contribution in [3.8, 4) is 5.69 Å². The molecule has 2 atom stereocenters. The first-order chi connectivity index (χ1) is 13.6. The minimum Gasteiger partial charge on any atom is -0.349 e. The number of benzene rings is 2. The molecule has 2 amide bonds. The molecule has 0 spiro atoms. The van der Waals surface area contributed by atoms with Crippen molar-refractivity contribution in [1.29, 1.82) is 0 Å². The highest BCUT2D eigenvalue weighted by molar-refractivity contribution is 6.10. The van der Waals surface area contributed by atoms with E-state index in [-0.39, 0.29) is 17.9 Å². The Kier molecular flexibility index (Phi) is 4.98. The molecule has 0 saturated carbocycles. The largest absolute Gasteiger partial charge is 0.349 e. The summed E-state index contributed by atoms with van der Waals surface area (Å²) in [5.41, 5.74) is 2.78. The lowest BCUT2D eigenvalue weighted by Crippen LogP contribution is -2.38. The summed E-state index contributed by atoms with van der Waals surface area (Å²) in [4.78, 5) is 27.5. The van der Waals surface area contributed by atoms with Gasteiger partial charge in [0.05, 0.1) is 17.4 Å². The Bertz CT molecular complexity index is 967. The van der Waals surface area contributed by atoms with Gasteiger partial charge in [-0.3, -0.25) is 9.59 Å². The zero-order chi connectivity index (χ0) is 19.5. The van der Waals surface area contributed by atoms with E-state index in [1.54, 1.807) is 4.90 Å². The smallest absolute Gasteiger partial charge is 0.239 e. The van der Waals surface area contributed by atoms with E-state index in [1.165, 1.54) is 0 Å². The van der Waals surface area contributed by atoms with Gasteiger partial charge in [-0.1, -0.05) is 42.5 Å². The maximum atomic E-state index is 13.0. The van der Waals surface area contributed by atoms with Crippen molar-refractivity contribution in [1.82, 2.24) is 9.88 Å². The van der Waals surface area contributed by atoms with Crippen LogP contribution in [0.4, 0.5) is 5.69 Å². The summed E-state index contributed by atoms with van der Waals surface area (Å²) in [6, 6.07) is 21.3. The number of hydrogen-bond acceptors (Lipinski definition) is 2. The van der Waals surface area contributed by atoms with E-state index in [2.05, 4.69) is 5.32 Å². The topological polar surface area (TPSA) is 54.3 Å². The highest BCUT2D eigenvalue weighted by Crippen LogP contribution is 2.31. The van der Waals surface area contributed by atoms with Crippen molar-refractivity contribution in [3.05, 3.63) is 84.7 Å². The lowest BCUT2D eigenvalue weighted by Gasteiger charge is -2.21. The molecule has 4 rings (SSSR count). The van der Waals surface area contributed by atoms with Crippen molar-refractivity contribution < 1.29 is 9.59 Å². The first kappa shape index (κ1) is 18.0. The third kappa shape index (κ3) is 3.43. The second-order valence-corrected chi connectivity index (χ2v) is 7.05. The van der Waals surface area contributed by atoms with Gasteiger partial charge in [0, 0.05) is 18.9 Å². The van der Waals surface area contributed by atoms with Crippen molar-refractivity contribution in [2.24, 2.45) is 5.92 Å². The Morgan fingerprint density at radius 1 is 0.964 bits per heavy atom. The van der Waals surface area contributed by atoms with Crippen LogP contribution < -0.4 is 10.2 Å². The van der Waals surface area contributed by atoms with E-state index in [0.29, 0.717) is 13.0 Å². The lowest BCUT2D eigenvalue weighted by molar-refractivity contribution is -0.132. The van der Waals surface area contributed by atoms with Crippen LogP contribution in [0.15, 0.2) is 79.1 Å². The number of para-hydroxylation sites is 2. The van der Waals surface area contributed by atoms with Gasteiger partial charge in [0.2, 0.25) is 11.8 Å². The maximum Gasteiger partial charge on any atom is 0.239 e. The minimum atomic E-state index is -0.649. The van der Waals surface area contributed by atoms with Gasteiger partial charge >= 0.3 is 0 Å². The molecule has 1 aliphatic heterocycles. The number of rotatable bonds is 5. The fourth-order valence-corrected chi connectivity index (χ4v) is 3.71. The zero-order valence-corrected chi connectivity index (χ0v) is 15.8. The Balaban J connectivity index is 1.51. The molecular weight excluding hydrogens is 350 g/mol. The second kappa shape index (κ2) is 7.72. The first-order valence-corrected chi connectivity index (χ1v) is 9.54. The summed E-state index contributed by atoms with van der Waals surface area (Å²) in [6.07, 6.45) is 4.42. The van der Waals surface area contributed by atoms with Crippen LogP contribution in [0.25, 0.3) is 5.69 Å². The molecule has 0 radical (unpaired) electrons. The normalized spacial score (nSPS) is 17.5. The number of nitrogens with zero attached hydrogens (tertiary/aromatic N) is 2. The van der Waals surface area contributed by atoms with Crippen LogP contribution in [0, 0.1) is 5.92 Å². The highest BCUT2D eigenvalue weighted by atomic mass is 16.2. The Morgan fingerprint density at radius 2 is 1.61 bits per heavy atom. The van der Waals surface area contributed by atoms with Gasteiger partial charge in [-0.15, -0.1) is 0 Å². The fraction of sp³-hybridized carbons (Fsp3) is 0.217. The van der Waals surface area contributed by atoms with E-state index in [1.807, 2.05) is 90.6 Å². The minimum absolute atomic E-state index is 0.136. The molecule has 0 bridgehead atoms. The number of amides is 2. The fourth-order valence-electron chi connectivity index (χ4n) is 3.71. The van der Waals surface area contributed by atoms with Gasteiger partial charge in [-0.2, -0.15) is 0 Å². The van der Waals surface area contributed by atoms with Gasteiger partial charge in [-0.25, -0.2) is 0 Å². The van der Waals surface area contributed by atoms with Crippen LogP contribution in [0.3, 0.4) is 0 Å². The van der Waals surface area contributed by atoms with Crippen molar-refractivity contribution >= 4 is 17.5 Å². The lowest BCUT2D eigenvalue weighted by atomic mass is 10.0. The van der Waals surface area contributed by atoms with Gasteiger partial charge in [0.15, 0.2) is 0 Å². The van der Waals surface area contributed by atoms with Crippen molar-refractivity contribution in [2.45, 2.75) is 19.4 Å². The second-order valence-electron chi connectivity index (χ2n) is 7.05. The number of aromatic nitrogens is 1. The SMILES string of the molecule is C[C@H](NC(=O)[C@@H]1CCN(c2ccccc2-n2cccc2)C1=O)c1ccccc1. The van der Waals surface area contributed by atoms with Crippen LogP contribution in [0.2, 0.25) is 0 Å². The molecule has 28 heavy (non-hydrogen) atoms. The molecule has 5 nitrogen and oxygen atoms in total. The number of anilines is 1. The summed E-state index contributed by atoms with van der Waals surface area (Å²) in [6.45, 7) is 2.47. The predicted molar refractivity (Wildman–Crippen MR) is 109 cm³/mol. The Morgan fingerprint density at radius 3 is 2.32 bits per heavy atom. The first-order valence-electron chi connectivity index (χ1n) is 9.54. The molecule has 1 N–H and O–H groups in total. The molecule has 2 heterocycles. The number of carbonyl (C=O) groups excluding carboxylic acids is 2. The van der Waals surface area contributed by atoms with Crippen LogP contribution in [0.5, 0.6) is 0 Å². The Labute approximate surface area is 164 Å². The van der Waals surface area contributed by atoms with Gasteiger partial charge in [0.1, 0.15) is 5.92 Å².